The monoisotopic (exact) mass is 210 g/mol. The Kier molecular flexibility index (Phi) is 3.79. The van der Waals surface area contributed by atoms with Gasteiger partial charge in [0, 0.05) is 12.3 Å². The highest BCUT2D eigenvalue weighted by Crippen LogP contribution is 2.36. The van der Waals surface area contributed by atoms with Gasteiger partial charge < -0.3 is 5.11 Å². The number of ketones is 1. The summed E-state index contributed by atoms with van der Waals surface area (Å²) in [6.07, 6.45) is 9.35. The van der Waals surface area contributed by atoms with Crippen LogP contribution in [0.2, 0.25) is 0 Å². The van der Waals surface area contributed by atoms with E-state index in [1.807, 2.05) is 0 Å². The molecule has 0 aromatic carbocycles. The smallest absolute Gasteiger partial charge is 0.136 e. The van der Waals surface area contributed by atoms with Crippen molar-refractivity contribution < 1.29 is 9.90 Å². The fourth-order valence-electron chi connectivity index (χ4n) is 3.25. The summed E-state index contributed by atoms with van der Waals surface area (Å²) in [4.78, 5) is 11.9. The number of hydrogen-bond acceptors (Lipinski definition) is 2. The second-order valence-corrected chi connectivity index (χ2v) is 5.19. The zero-order valence-corrected chi connectivity index (χ0v) is 9.45. The summed E-state index contributed by atoms with van der Waals surface area (Å²) < 4.78 is 0. The van der Waals surface area contributed by atoms with Crippen molar-refractivity contribution in [2.24, 2.45) is 11.8 Å². The first-order valence-corrected chi connectivity index (χ1v) is 6.50. The van der Waals surface area contributed by atoms with Crippen molar-refractivity contribution in [2.75, 3.05) is 0 Å². The van der Waals surface area contributed by atoms with E-state index in [2.05, 4.69) is 0 Å². The number of aliphatic hydroxyl groups is 1. The molecule has 0 bridgehead atoms. The summed E-state index contributed by atoms with van der Waals surface area (Å²) in [7, 11) is 0. The molecule has 2 aliphatic carbocycles. The molecule has 2 heteroatoms. The molecule has 0 amide bonds. The van der Waals surface area contributed by atoms with Crippen LogP contribution in [0.1, 0.15) is 57.8 Å². The minimum Gasteiger partial charge on any atom is -0.393 e. The van der Waals surface area contributed by atoms with Gasteiger partial charge in [0.1, 0.15) is 5.78 Å². The van der Waals surface area contributed by atoms with Crippen LogP contribution in [0.15, 0.2) is 0 Å². The van der Waals surface area contributed by atoms with Gasteiger partial charge in [-0.1, -0.05) is 25.7 Å². The van der Waals surface area contributed by atoms with E-state index in [4.69, 9.17) is 0 Å². The minimum absolute atomic E-state index is 0.183. The highest BCUT2D eigenvalue weighted by Gasteiger charge is 2.34. The first-order chi connectivity index (χ1) is 7.29. The maximum atomic E-state index is 11.9. The number of carbonyl (C=O) groups excluding carboxylic acids is 1. The Hall–Kier alpha value is -0.370. The van der Waals surface area contributed by atoms with Gasteiger partial charge in [0.25, 0.3) is 0 Å². The number of hydrogen-bond donors (Lipinski definition) is 1. The van der Waals surface area contributed by atoms with Gasteiger partial charge in [-0.25, -0.2) is 0 Å². The zero-order valence-electron chi connectivity index (χ0n) is 9.45. The van der Waals surface area contributed by atoms with Gasteiger partial charge in [-0.3, -0.25) is 4.79 Å². The molecule has 2 aliphatic rings. The number of aliphatic hydroxyl groups excluding tert-OH is 1. The number of Topliss-reactive ketones (excluding diaryl/α,β-unsaturated/α-hetero) is 1. The van der Waals surface area contributed by atoms with Gasteiger partial charge in [-0.15, -0.1) is 0 Å². The minimum atomic E-state index is -0.203. The third kappa shape index (κ3) is 2.60. The molecule has 2 nitrogen and oxygen atoms in total. The fourth-order valence-corrected chi connectivity index (χ4v) is 3.25. The van der Waals surface area contributed by atoms with E-state index >= 15 is 0 Å². The van der Waals surface area contributed by atoms with Crippen molar-refractivity contribution in [2.45, 2.75) is 63.9 Å². The van der Waals surface area contributed by atoms with E-state index in [9.17, 15) is 9.90 Å². The molecule has 0 heterocycles. The van der Waals surface area contributed by atoms with Crippen molar-refractivity contribution in [3.05, 3.63) is 0 Å². The van der Waals surface area contributed by atoms with Crippen LogP contribution in [-0.4, -0.2) is 17.0 Å². The molecule has 0 spiro atoms. The summed E-state index contributed by atoms with van der Waals surface area (Å²) in [5, 5.41) is 9.98. The normalized spacial score (nSPS) is 38.7. The van der Waals surface area contributed by atoms with Crippen molar-refractivity contribution >= 4 is 5.78 Å². The van der Waals surface area contributed by atoms with Gasteiger partial charge in [-0.2, -0.15) is 0 Å². The maximum Gasteiger partial charge on any atom is 0.136 e. The Morgan fingerprint density at radius 1 is 0.933 bits per heavy atom. The lowest BCUT2D eigenvalue weighted by Gasteiger charge is -2.33. The lowest BCUT2D eigenvalue weighted by Crippen LogP contribution is -2.34. The Morgan fingerprint density at radius 2 is 1.67 bits per heavy atom. The van der Waals surface area contributed by atoms with E-state index in [1.54, 1.807) is 0 Å². The molecule has 86 valence electrons. The van der Waals surface area contributed by atoms with E-state index < -0.39 is 0 Å². The third-order valence-electron chi connectivity index (χ3n) is 4.15. The summed E-state index contributed by atoms with van der Waals surface area (Å²) in [6.45, 7) is 0. The maximum absolute atomic E-state index is 11.9. The van der Waals surface area contributed by atoms with Gasteiger partial charge in [0.05, 0.1) is 6.10 Å². The second-order valence-electron chi connectivity index (χ2n) is 5.19. The highest BCUT2D eigenvalue weighted by molar-refractivity contribution is 5.81. The number of carbonyl (C=O) groups is 1. The summed E-state index contributed by atoms with van der Waals surface area (Å²) in [5.41, 5.74) is 0. The molecule has 0 radical (unpaired) electrons. The van der Waals surface area contributed by atoms with Crippen LogP contribution in [0.25, 0.3) is 0 Å². The van der Waals surface area contributed by atoms with Crippen LogP contribution in [0.3, 0.4) is 0 Å². The van der Waals surface area contributed by atoms with Gasteiger partial charge in [0.15, 0.2) is 0 Å². The largest absolute Gasteiger partial charge is 0.393 e. The molecular formula is C13H22O2. The highest BCUT2D eigenvalue weighted by atomic mass is 16.3. The number of rotatable bonds is 1. The van der Waals surface area contributed by atoms with Gasteiger partial charge >= 0.3 is 0 Å². The Labute approximate surface area is 92.1 Å². The summed E-state index contributed by atoms with van der Waals surface area (Å²) in [6, 6.07) is 0. The molecule has 15 heavy (non-hydrogen) atoms. The first kappa shape index (κ1) is 11.1. The lowest BCUT2D eigenvalue weighted by atomic mass is 9.74. The Morgan fingerprint density at radius 3 is 2.47 bits per heavy atom. The Balaban J connectivity index is 2.02. The van der Waals surface area contributed by atoms with Gasteiger partial charge in [0.2, 0.25) is 0 Å². The summed E-state index contributed by atoms with van der Waals surface area (Å²) in [5.74, 6) is 0.894. The predicted molar refractivity (Wildman–Crippen MR) is 59.5 cm³/mol. The molecule has 2 rings (SSSR count). The molecule has 0 saturated heterocycles. The average molecular weight is 210 g/mol. The Bertz CT molecular complexity index is 225. The molecule has 2 fully saturated rings. The molecular weight excluding hydrogens is 188 g/mol. The van der Waals surface area contributed by atoms with Crippen LogP contribution < -0.4 is 0 Å². The van der Waals surface area contributed by atoms with Crippen molar-refractivity contribution in [3.8, 4) is 0 Å². The second kappa shape index (κ2) is 5.11. The van der Waals surface area contributed by atoms with Crippen molar-refractivity contribution in [1.82, 2.24) is 0 Å². The van der Waals surface area contributed by atoms with Crippen LogP contribution in [-0.2, 0) is 4.79 Å². The SMILES string of the molecule is O=C1CCCCC[C@@H]1[C@@H]1CCCC[C@H]1O. The molecule has 0 aromatic rings. The third-order valence-corrected chi connectivity index (χ3v) is 4.15. The van der Waals surface area contributed by atoms with E-state index in [0.717, 1.165) is 38.5 Å². The quantitative estimate of drug-likeness (QED) is 0.676. The van der Waals surface area contributed by atoms with Crippen LogP contribution >= 0.6 is 0 Å². The first-order valence-electron chi connectivity index (χ1n) is 6.50. The van der Waals surface area contributed by atoms with Crippen LogP contribution in [0.4, 0.5) is 0 Å². The zero-order chi connectivity index (χ0) is 10.7. The topological polar surface area (TPSA) is 37.3 Å². The average Bonchev–Trinajstić information content (AvgIpc) is 2.44. The van der Waals surface area contributed by atoms with Crippen LogP contribution in [0.5, 0.6) is 0 Å². The van der Waals surface area contributed by atoms with E-state index in [-0.39, 0.29) is 17.9 Å². The van der Waals surface area contributed by atoms with E-state index in [0.29, 0.717) is 5.78 Å². The van der Waals surface area contributed by atoms with Crippen molar-refractivity contribution in [3.63, 3.8) is 0 Å². The molecule has 1 N–H and O–H groups in total. The standard InChI is InChI=1S/C13H22O2/c14-12-8-3-1-2-6-10(12)11-7-4-5-9-13(11)15/h10-11,13,15H,1-9H2/t10-,11+,13-/m1/s1. The molecule has 0 unspecified atom stereocenters. The van der Waals surface area contributed by atoms with Gasteiger partial charge in [-0.05, 0) is 31.6 Å². The molecule has 2 saturated carbocycles. The van der Waals surface area contributed by atoms with E-state index in [1.165, 1.54) is 19.3 Å². The van der Waals surface area contributed by atoms with Crippen LogP contribution in [0, 0.1) is 11.8 Å². The molecule has 0 aliphatic heterocycles. The summed E-state index contributed by atoms with van der Waals surface area (Å²) >= 11 is 0. The van der Waals surface area contributed by atoms with Crippen molar-refractivity contribution in [1.29, 1.82) is 0 Å². The predicted octanol–water partition coefficient (Wildman–Crippen LogP) is 2.69. The lowest BCUT2D eigenvalue weighted by molar-refractivity contribution is -0.127. The fraction of sp³-hybridized carbons (Fsp3) is 0.923. The molecule has 3 atom stereocenters. The molecule has 0 aromatic heterocycles.